The van der Waals surface area contributed by atoms with Crippen molar-refractivity contribution >= 4 is 19.2 Å². The standard InChI is InChI=1S/C17H21ClNO4P/c1-4-21-24(20,22-5-2)12-14-7-6-8-15(11-14)23-16-10-9-13(3)17(18)19-16/h6-11H,4-5,12H2,1-3H3. The summed E-state index contributed by atoms with van der Waals surface area (Å²) in [6, 6.07) is 10.9. The highest BCUT2D eigenvalue weighted by Gasteiger charge is 2.24. The van der Waals surface area contributed by atoms with Crippen molar-refractivity contribution in [2.75, 3.05) is 13.2 Å². The lowest BCUT2D eigenvalue weighted by Crippen LogP contribution is -1.99. The second-order valence-electron chi connectivity index (χ2n) is 5.11. The second kappa shape index (κ2) is 8.63. The maximum absolute atomic E-state index is 12.6. The van der Waals surface area contributed by atoms with Gasteiger partial charge in [0.05, 0.1) is 19.4 Å². The lowest BCUT2D eigenvalue weighted by molar-refractivity contribution is 0.219. The van der Waals surface area contributed by atoms with Crippen LogP contribution in [0.1, 0.15) is 25.0 Å². The van der Waals surface area contributed by atoms with Gasteiger partial charge in [0.25, 0.3) is 0 Å². The molecule has 130 valence electrons. The molecule has 5 nitrogen and oxygen atoms in total. The van der Waals surface area contributed by atoms with Gasteiger partial charge < -0.3 is 13.8 Å². The minimum absolute atomic E-state index is 0.188. The summed E-state index contributed by atoms with van der Waals surface area (Å²) in [7, 11) is -3.15. The average molecular weight is 370 g/mol. The van der Waals surface area contributed by atoms with Gasteiger partial charge >= 0.3 is 7.60 Å². The quantitative estimate of drug-likeness (QED) is 0.447. The molecule has 1 aromatic carbocycles. The molecular weight excluding hydrogens is 349 g/mol. The topological polar surface area (TPSA) is 57.7 Å². The first-order valence-corrected chi connectivity index (χ1v) is 9.84. The summed E-state index contributed by atoms with van der Waals surface area (Å²) in [4.78, 5) is 4.17. The maximum atomic E-state index is 12.6. The van der Waals surface area contributed by atoms with E-state index in [9.17, 15) is 4.57 Å². The number of halogens is 1. The van der Waals surface area contributed by atoms with Crippen LogP contribution >= 0.6 is 19.2 Å². The molecule has 0 saturated heterocycles. The van der Waals surface area contributed by atoms with Crippen LogP contribution in [-0.2, 0) is 19.8 Å². The van der Waals surface area contributed by atoms with Gasteiger partial charge in [-0.2, -0.15) is 0 Å². The Hall–Kier alpha value is -1.39. The molecule has 0 aliphatic heterocycles. The van der Waals surface area contributed by atoms with E-state index in [4.69, 9.17) is 25.4 Å². The van der Waals surface area contributed by atoms with E-state index in [0.717, 1.165) is 11.1 Å². The molecule has 0 radical (unpaired) electrons. The Balaban J connectivity index is 2.16. The largest absolute Gasteiger partial charge is 0.439 e. The fourth-order valence-electron chi connectivity index (χ4n) is 2.12. The van der Waals surface area contributed by atoms with Gasteiger partial charge in [-0.05, 0) is 44.0 Å². The number of aryl methyl sites for hydroxylation is 1. The van der Waals surface area contributed by atoms with Crippen LogP contribution in [0.3, 0.4) is 0 Å². The van der Waals surface area contributed by atoms with Crippen molar-refractivity contribution in [3.8, 4) is 11.6 Å². The maximum Gasteiger partial charge on any atom is 0.335 e. The van der Waals surface area contributed by atoms with Crippen molar-refractivity contribution in [2.24, 2.45) is 0 Å². The van der Waals surface area contributed by atoms with Gasteiger partial charge in [0.2, 0.25) is 5.88 Å². The number of benzene rings is 1. The number of nitrogens with zero attached hydrogens (tertiary/aromatic N) is 1. The van der Waals surface area contributed by atoms with E-state index in [1.165, 1.54) is 0 Å². The molecule has 2 aromatic rings. The fourth-order valence-corrected chi connectivity index (χ4v) is 3.95. The molecule has 7 heteroatoms. The van der Waals surface area contributed by atoms with Gasteiger partial charge in [-0.25, -0.2) is 4.98 Å². The molecule has 0 saturated carbocycles. The number of pyridine rings is 1. The second-order valence-corrected chi connectivity index (χ2v) is 7.52. The molecule has 0 fully saturated rings. The predicted octanol–water partition coefficient (Wildman–Crippen LogP) is 5.60. The molecule has 1 heterocycles. The summed E-state index contributed by atoms with van der Waals surface area (Å²) in [5, 5.41) is 0.404. The molecule has 0 unspecified atom stereocenters. The molecule has 0 aliphatic rings. The Kier molecular flexibility index (Phi) is 6.81. The molecule has 2 rings (SSSR count). The Morgan fingerprint density at radius 3 is 2.46 bits per heavy atom. The van der Waals surface area contributed by atoms with E-state index < -0.39 is 7.60 Å². The van der Waals surface area contributed by atoms with Gasteiger partial charge in [0, 0.05) is 6.07 Å². The van der Waals surface area contributed by atoms with Crippen LogP contribution in [0.4, 0.5) is 0 Å². The summed E-state index contributed by atoms with van der Waals surface area (Å²) < 4.78 is 29.0. The van der Waals surface area contributed by atoms with Crippen molar-refractivity contribution < 1.29 is 18.3 Å². The van der Waals surface area contributed by atoms with Gasteiger partial charge in [-0.3, -0.25) is 4.57 Å². The molecule has 0 N–H and O–H groups in total. The smallest absolute Gasteiger partial charge is 0.335 e. The third kappa shape index (κ3) is 5.32. The number of rotatable bonds is 8. The molecule has 0 aliphatic carbocycles. The fraction of sp³-hybridized carbons (Fsp3) is 0.353. The minimum Gasteiger partial charge on any atom is -0.439 e. The van der Waals surface area contributed by atoms with Crippen molar-refractivity contribution in [1.29, 1.82) is 0 Å². The van der Waals surface area contributed by atoms with E-state index >= 15 is 0 Å². The van der Waals surface area contributed by atoms with Gasteiger partial charge in [-0.1, -0.05) is 29.8 Å². The average Bonchev–Trinajstić information content (AvgIpc) is 2.51. The zero-order valence-corrected chi connectivity index (χ0v) is 15.6. The lowest BCUT2D eigenvalue weighted by atomic mass is 10.2. The van der Waals surface area contributed by atoms with E-state index in [2.05, 4.69) is 4.98 Å². The summed E-state index contributed by atoms with van der Waals surface area (Å²) in [6.07, 6.45) is 0.188. The summed E-state index contributed by atoms with van der Waals surface area (Å²) in [5.74, 6) is 0.986. The Morgan fingerprint density at radius 2 is 1.83 bits per heavy atom. The zero-order valence-electron chi connectivity index (χ0n) is 14.0. The van der Waals surface area contributed by atoms with Crippen molar-refractivity contribution in [1.82, 2.24) is 4.98 Å². The van der Waals surface area contributed by atoms with Crippen LogP contribution in [0.5, 0.6) is 11.6 Å². The van der Waals surface area contributed by atoms with Crippen LogP contribution in [0.25, 0.3) is 0 Å². The molecule has 24 heavy (non-hydrogen) atoms. The molecule has 0 atom stereocenters. The van der Waals surface area contributed by atoms with Crippen molar-refractivity contribution in [3.63, 3.8) is 0 Å². The normalized spacial score (nSPS) is 11.5. The highest BCUT2D eigenvalue weighted by atomic mass is 35.5. The van der Waals surface area contributed by atoms with Crippen molar-refractivity contribution in [3.05, 3.63) is 52.7 Å². The summed E-state index contributed by atoms with van der Waals surface area (Å²) in [5.41, 5.74) is 1.68. The number of ether oxygens (including phenoxy) is 1. The molecular formula is C17H21ClNO4P. The first kappa shape index (κ1) is 18.9. The molecule has 0 bridgehead atoms. The molecule has 1 aromatic heterocycles. The van der Waals surface area contributed by atoms with E-state index in [1.807, 2.05) is 25.1 Å². The van der Waals surface area contributed by atoms with Crippen LogP contribution in [0.2, 0.25) is 5.15 Å². The third-order valence-corrected chi connectivity index (χ3v) is 5.60. The summed E-state index contributed by atoms with van der Waals surface area (Å²) >= 11 is 6.01. The Bertz CT molecular complexity index is 728. The third-order valence-electron chi connectivity index (χ3n) is 3.16. The van der Waals surface area contributed by atoms with Gasteiger partial charge in [-0.15, -0.1) is 0 Å². The van der Waals surface area contributed by atoms with Gasteiger partial charge in [0.15, 0.2) is 0 Å². The molecule has 0 amide bonds. The van der Waals surface area contributed by atoms with E-state index in [-0.39, 0.29) is 6.16 Å². The first-order valence-electron chi connectivity index (χ1n) is 7.74. The highest BCUT2D eigenvalue weighted by Crippen LogP contribution is 2.51. The van der Waals surface area contributed by atoms with Crippen molar-refractivity contribution in [2.45, 2.75) is 26.9 Å². The van der Waals surface area contributed by atoms with E-state index in [1.54, 1.807) is 32.0 Å². The predicted molar refractivity (Wildman–Crippen MR) is 95.1 cm³/mol. The first-order chi connectivity index (χ1) is 11.5. The van der Waals surface area contributed by atoms with Gasteiger partial charge in [0.1, 0.15) is 10.9 Å². The monoisotopic (exact) mass is 369 g/mol. The zero-order chi connectivity index (χ0) is 17.6. The molecule has 0 spiro atoms. The summed E-state index contributed by atoms with van der Waals surface area (Å²) in [6.45, 7) is 6.12. The lowest BCUT2D eigenvalue weighted by Gasteiger charge is -2.17. The van der Waals surface area contributed by atoms with Crippen LogP contribution in [0, 0.1) is 6.92 Å². The number of hydrogen-bond acceptors (Lipinski definition) is 5. The SMILES string of the molecule is CCOP(=O)(Cc1cccc(Oc2ccc(C)c(Cl)n2)c1)OCC. The Labute approximate surface area is 147 Å². The Morgan fingerprint density at radius 1 is 1.12 bits per heavy atom. The van der Waals surface area contributed by atoms with E-state index in [0.29, 0.717) is 30.0 Å². The van der Waals surface area contributed by atoms with Crippen LogP contribution in [-0.4, -0.2) is 18.2 Å². The minimum atomic E-state index is -3.15. The number of hydrogen-bond donors (Lipinski definition) is 0. The highest BCUT2D eigenvalue weighted by molar-refractivity contribution is 7.53. The van der Waals surface area contributed by atoms with Crippen LogP contribution in [0.15, 0.2) is 36.4 Å². The number of aromatic nitrogens is 1. The van der Waals surface area contributed by atoms with Crippen LogP contribution < -0.4 is 4.74 Å².